The number of hydrogen-bond donors (Lipinski definition) is 4. The highest BCUT2D eigenvalue weighted by Crippen LogP contribution is 2.12. The normalized spacial score (nSPS) is 11.8. The SMILES string of the molecule is CC(C)(C)OC(=O)NC(=NCCCCCCCCCCCCN=C(NC(=O)OC(C)(C)C)NC(=O)OC(C)(C)C)NC(=O)OC(C)(C)C. The number of carbonyl (C=O) groups excluding carboxylic acids is 4. The van der Waals surface area contributed by atoms with Crippen LogP contribution in [0.4, 0.5) is 19.2 Å². The van der Waals surface area contributed by atoms with Crippen molar-refractivity contribution < 1.29 is 38.1 Å². The lowest BCUT2D eigenvalue weighted by atomic mass is 10.1. The van der Waals surface area contributed by atoms with E-state index in [1.165, 1.54) is 0 Å². The maximum Gasteiger partial charge on any atom is 0.414 e. The molecule has 0 rings (SSSR count). The number of aliphatic imine (C=N–C) groups is 2. The molecule has 0 aromatic carbocycles. The van der Waals surface area contributed by atoms with E-state index in [1.54, 1.807) is 83.1 Å². The molecule has 14 nitrogen and oxygen atoms in total. The number of amides is 4. The molecule has 0 aromatic heterocycles. The summed E-state index contributed by atoms with van der Waals surface area (Å²) in [5.74, 6) is -0.00181. The quantitative estimate of drug-likeness (QED) is 0.0660. The summed E-state index contributed by atoms with van der Waals surface area (Å²) < 4.78 is 21.1. The lowest BCUT2D eigenvalue weighted by Gasteiger charge is -2.22. The van der Waals surface area contributed by atoms with Gasteiger partial charge in [-0.1, -0.05) is 51.4 Å². The van der Waals surface area contributed by atoms with Crippen LogP contribution in [0.5, 0.6) is 0 Å². The van der Waals surface area contributed by atoms with Gasteiger partial charge in [0.05, 0.1) is 0 Å². The molecule has 4 N–H and O–H groups in total. The summed E-state index contributed by atoms with van der Waals surface area (Å²) in [6.45, 7) is 21.9. The maximum absolute atomic E-state index is 12.2. The van der Waals surface area contributed by atoms with Crippen LogP contribution in [-0.4, -0.2) is 71.8 Å². The third-order valence-corrected chi connectivity index (χ3v) is 5.58. The van der Waals surface area contributed by atoms with E-state index in [0.29, 0.717) is 13.1 Å². The van der Waals surface area contributed by atoms with Crippen LogP contribution in [-0.2, 0) is 18.9 Å². The first-order chi connectivity index (χ1) is 21.9. The van der Waals surface area contributed by atoms with E-state index in [9.17, 15) is 19.2 Å². The van der Waals surface area contributed by atoms with Gasteiger partial charge in [-0.15, -0.1) is 0 Å². The van der Waals surface area contributed by atoms with Crippen molar-refractivity contribution >= 4 is 36.3 Å². The number of alkyl carbamates (subject to hydrolysis) is 4. The van der Waals surface area contributed by atoms with E-state index < -0.39 is 46.8 Å². The van der Waals surface area contributed by atoms with E-state index in [-0.39, 0.29) is 11.9 Å². The summed E-state index contributed by atoms with van der Waals surface area (Å²) in [4.78, 5) is 57.5. The summed E-state index contributed by atoms with van der Waals surface area (Å²) in [5.41, 5.74) is -2.76. The van der Waals surface area contributed by atoms with Gasteiger partial charge in [-0.25, -0.2) is 19.2 Å². The molecular weight excluding hydrogens is 620 g/mol. The summed E-state index contributed by atoms with van der Waals surface area (Å²) in [5, 5.41) is 9.98. The van der Waals surface area contributed by atoms with E-state index in [0.717, 1.165) is 64.2 Å². The summed E-state index contributed by atoms with van der Waals surface area (Å²) in [6.07, 6.45) is 7.37. The van der Waals surface area contributed by atoms with Gasteiger partial charge in [0.2, 0.25) is 11.9 Å². The highest BCUT2D eigenvalue weighted by Gasteiger charge is 2.22. The van der Waals surface area contributed by atoms with E-state index >= 15 is 0 Å². The molecule has 0 fully saturated rings. The smallest absolute Gasteiger partial charge is 0.414 e. The van der Waals surface area contributed by atoms with Gasteiger partial charge in [0, 0.05) is 13.1 Å². The largest absolute Gasteiger partial charge is 0.444 e. The fraction of sp³-hybridized carbons (Fsp3) is 0.824. The number of guanidine groups is 2. The van der Waals surface area contributed by atoms with Crippen LogP contribution < -0.4 is 21.3 Å². The Kier molecular flexibility index (Phi) is 19.8. The van der Waals surface area contributed by atoms with Crippen LogP contribution in [0.15, 0.2) is 9.98 Å². The molecule has 0 spiro atoms. The van der Waals surface area contributed by atoms with Gasteiger partial charge in [0.25, 0.3) is 0 Å². The number of hydrogen-bond acceptors (Lipinski definition) is 10. The third kappa shape index (κ3) is 29.8. The Morgan fingerprint density at radius 3 is 0.750 bits per heavy atom. The van der Waals surface area contributed by atoms with Crippen molar-refractivity contribution in [1.82, 2.24) is 21.3 Å². The zero-order valence-electron chi connectivity index (χ0n) is 31.6. The first kappa shape index (κ1) is 44.4. The molecule has 0 heterocycles. The first-order valence-electron chi connectivity index (χ1n) is 17.0. The molecule has 0 aliphatic carbocycles. The number of unbranched alkanes of at least 4 members (excludes halogenated alkanes) is 9. The molecule has 0 saturated carbocycles. The van der Waals surface area contributed by atoms with Gasteiger partial charge in [-0.2, -0.15) is 0 Å². The van der Waals surface area contributed by atoms with E-state index in [2.05, 4.69) is 31.3 Å². The molecule has 0 unspecified atom stereocenters. The van der Waals surface area contributed by atoms with Gasteiger partial charge in [0.1, 0.15) is 22.4 Å². The van der Waals surface area contributed by atoms with Crippen LogP contribution in [0, 0.1) is 0 Å². The zero-order chi connectivity index (χ0) is 37.0. The van der Waals surface area contributed by atoms with Crippen molar-refractivity contribution in [3.63, 3.8) is 0 Å². The number of nitrogens with zero attached hydrogens (tertiary/aromatic N) is 2. The standard InChI is InChI=1S/C34H64N6O8/c1-31(2,3)45-27(41)37-25(38-28(42)46-32(4,5)6)35-23-21-19-17-15-13-14-16-18-20-22-24-36-26(39-29(43)47-33(7,8)9)40-30(44)48-34(10,11)12/h13-24H2,1-12H3,(H2,35,37,38,41,42)(H2,36,39,40,43,44). The van der Waals surface area contributed by atoms with Crippen LogP contribution in [0.25, 0.3) is 0 Å². The number of carbonyl (C=O) groups is 4. The van der Waals surface area contributed by atoms with Gasteiger partial charge in [0.15, 0.2) is 0 Å². The molecule has 0 aliphatic heterocycles. The molecule has 0 atom stereocenters. The van der Waals surface area contributed by atoms with Crippen LogP contribution in [0.3, 0.4) is 0 Å². The lowest BCUT2D eigenvalue weighted by Crippen LogP contribution is -2.47. The van der Waals surface area contributed by atoms with E-state index in [4.69, 9.17) is 18.9 Å². The Bertz CT molecular complexity index is 915. The molecule has 4 amide bonds. The molecule has 0 radical (unpaired) electrons. The highest BCUT2D eigenvalue weighted by molar-refractivity contribution is 6.02. The monoisotopic (exact) mass is 684 g/mol. The second kappa shape index (κ2) is 21.4. The Balaban J connectivity index is 4.45. The van der Waals surface area contributed by atoms with Crippen molar-refractivity contribution in [2.75, 3.05) is 13.1 Å². The van der Waals surface area contributed by atoms with Crippen molar-refractivity contribution in [2.24, 2.45) is 9.98 Å². The second-order valence-electron chi connectivity index (χ2n) is 15.5. The second-order valence-corrected chi connectivity index (χ2v) is 15.5. The molecule has 14 heteroatoms. The summed E-state index contributed by atoms with van der Waals surface area (Å²) in [6, 6.07) is 0. The Morgan fingerprint density at radius 1 is 0.375 bits per heavy atom. The minimum absolute atomic E-state index is 0.000906. The topological polar surface area (TPSA) is 178 Å². The summed E-state index contributed by atoms with van der Waals surface area (Å²) in [7, 11) is 0. The van der Waals surface area contributed by atoms with Gasteiger partial charge < -0.3 is 18.9 Å². The number of rotatable bonds is 13. The minimum Gasteiger partial charge on any atom is -0.444 e. The van der Waals surface area contributed by atoms with Gasteiger partial charge >= 0.3 is 24.4 Å². The van der Waals surface area contributed by atoms with Crippen LogP contribution in [0.1, 0.15) is 147 Å². The predicted octanol–water partition coefficient (Wildman–Crippen LogP) is 7.70. The molecular formula is C34H64N6O8. The molecule has 0 aliphatic rings. The first-order valence-corrected chi connectivity index (χ1v) is 17.0. The highest BCUT2D eigenvalue weighted by atomic mass is 16.6. The average molecular weight is 685 g/mol. The number of ether oxygens (including phenoxy) is 4. The van der Waals surface area contributed by atoms with Crippen molar-refractivity contribution in [1.29, 1.82) is 0 Å². The predicted molar refractivity (Wildman–Crippen MR) is 188 cm³/mol. The van der Waals surface area contributed by atoms with Crippen molar-refractivity contribution in [3.05, 3.63) is 0 Å². The maximum atomic E-state index is 12.2. The van der Waals surface area contributed by atoms with Gasteiger partial charge in [-0.05, 0) is 95.9 Å². The Morgan fingerprint density at radius 2 is 0.562 bits per heavy atom. The van der Waals surface area contributed by atoms with Crippen molar-refractivity contribution in [2.45, 2.75) is 170 Å². The lowest BCUT2D eigenvalue weighted by molar-refractivity contribution is 0.0521. The molecule has 48 heavy (non-hydrogen) atoms. The minimum atomic E-state index is -0.708. The number of nitrogens with one attached hydrogen (secondary N) is 4. The Hall–Kier alpha value is -3.58. The van der Waals surface area contributed by atoms with Crippen LogP contribution >= 0.6 is 0 Å². The van der Waals surface area contributed by atoms with E-state index in [1.807, 2.05) is 0 Å². The summed E-state index contributed by atoms with van der Waals surface area (Å²) >= 11 is 0. The Labute approximate surface area is 288 Å². The fourth-order valence-corrected chi connectivity index (χ4v) is 3.84. The van der Waals surface area contributed by atoms with Crippen LogP contribution in [0.2, 0.25) is 0 Å². The molecule has 278 valence electrons. The molecule has 0 aromatic rings. The van der Waals surface area contributed by atoms with Crippen molar-refractivity contribution in [3.8, 4) is 0 Å². The zero-order valence-corrected chi connectivity index (χ0v) is 31.6. The van der Waals surface area contributed by atoms with Gasteiger partial charge in [-0.3, -0.25) is 31.3 Å². The molecule has 0 bridgehead atoms. The average Bonchev–Trinajstić information content (AvgIpc) is 2.83. The molecule has 0 saturated heterocycles. The third-order valence-electron chi connectivity index (χ3n) is 5.58. The fourth-order valence-electron chi connectivity index (χ4n) is 3.84.